The second kappa shape index (κ2) is 8.41. The van der Waals surface area contributed by atoms with E-state index < -0.39 is 27.3 Å². The van der Waals surface area contributed by atoms with Crippen molar-refractivity contribution in [2.75, 3.05) is 12.0 Å². The molecule has 0 saturated heterocycles. The molecule has 0 aliphatic heterocycles. The molecule has 2 heterocycles. The van der Waals surface area contributed by atoms with Crippen LogP contribution in [0.4, 0.5) is 13.2 Å². The fraction of sp³-hybridized carbons (Fsp3) is 0.391. The summed E-state index contributed by atoms with van der Waals surface area (Å²) in [6.45, 7) is 0.242. The summed E-state index contributed by atoms with van der Waals surface area (Å²) in [7, 11) is -3.18. The molecule has 7 nitrogen and oxygen atoms in total. The number of nitrogens with zero attached hydrogens (tertiary/aromatic N) is 4. The Hall–Kier alpha value is -2.79. The summed E-state index contributed by atoms with van der Waals surface area (Å²) >= 11 is 6.12. The first-order valence-electron chi connectivity index (χ1n) is 11.1. The quantitative estimate of drug-likeness (QED) is 0.351. The summed E-state index contributed by atoms with van der Waals surface area (Å²) in [6.07, 6.45) is -1.84. The highest BCUT2D eigenvalue weighted by atomic mass is 35.5. The number of rotatable bonds is 7. The Bertz CT molecular complexity index is 1610. The van der Waals surface area contributed by atoms with E-state index in [1.807, 2.05) is 0 Å². The van der Waals surface area contributed by atoms with Gasteiger partial charge in [0, 0.05) is 23.9 Å². The van der Waals surface area contributed by atoms with Crippen molar-refractivity contribution in [2.45, 2.75) is 44.6 Å². The molecule has 0 amide bonds. The molecule has 1 aliphatic carbocycles. The van der Waals surface area contributed by atoms with E-state index in [9.17, 15) is 26.4 Å². The van der Waals surface area contributed by atoms with Gasteiger partial charge in [-0.05, 0) is 49.6 Å². The van der Waals surface area contributed by atoms with Gasteiger partial charge in [0.1, 0.15) is 15.7 Å². The first-order valence-corrected chi connectivity index (χ1v) is 13.5. The highest BCUT2D eigenvalue weighted by molar-refractivity contribution is 7.90. The van der Waals surface area contributed by atoms with Crippen LogP contribution in [0.15, 0.2) is 41.2 Å². The van der Waals surface area contributed by atoms with Crippen LogP contribution in [0.1, 0.15) is 36.7 Å². The summed E-state index contributed by atoms with van der Waals surface area (Å²) < 4.78 is 69.1. The molecule has 186 valence electrons. The minimum absolute atomic E-state index is 0.0322. The van der Waals surface area contributed by atoms with Crippen LogP contribution in [0.3, 0.4) is 0 Å². The first kappa shape index (κ1) is 23.9. The largest absolute Gasteiger partial charge is 0.418 e. The second-order valence-corrected chi connectivity index (χ2v) is 11.6. The van der Waals surface area contributed by atoms with Crippen molar-refractivity contribution in [1.82, 2.24) is 18.7 Å². The van der Waals surface area contributed by atoms with Gasteiger partial charge in [-0.3, -0.25) is 9.13 Å². The van der Waals surface area contributed by atoms with Crippen molar-refractivity contribution in [3.8, 4) is 0 Å². The summed E-state index contributed by atoms with van der Waals surface area (Å²) in [5.41, 5.74) is -0.0346. The lowest BCUT2D eigenvalue weighted by atomic mass is 10.1. The molecule has 4 aromatic rings. The van der Waals surface area contributed by atoms with Crippen LogP contribution in [0.25, 0.3) is 22.1 Å². The van der Waals surface area contributed by atoms with Crippen molar-refractivity contribution in [1.29, 1.82) is 0 Å². The van der Waals surface area contributed by atoms with Gasteiger partial charge in [0.25, 0.3) is 0 Å². The van der Waals surface area contributed by atoms with E-state index in [1.54, 1.807) is 22.8 Å². The molecular weight excluding hydrogens is 505 g/mol. The Morgan fingerprint density at radius 1 is 1.11 bits per heavy atom. The van der Waals surface area contributed by atoms with Crippen molar-refractivity contribution >= 4 is 43.5 Å². The molecule has 1 aliphatic rings. The highest BCUT2D eigenvalue weighted by Crippen LogP contribution is 2.41. The molecule has 1 saturated carbocycles. The molecule has 5 rings (SSSR count). The number of aryl methyl sites for hydroxylation is 1. The summed E-state index contributed by atoms with van der Waals surface area (Å²) in [5.74, 6) is 0.403. The lowest BCUT2D eigenvalue weighted by molar-refractivity contribution is -0.136. The molecule has 12 heteroatoms. The monoisotopic (exact) mass is 526 g/mol. The zero-order valence-corrected chi connectivity index (χ0v) is 20.3. The Kier molecular flexibility index (Phi) is 5.75. The van der Waals surface area contributed by atoms with Gasteiger partial charge in [0.2, 0.25) is 0 Å². The minimum Gasteiger partial charge on any atom is -0.326 e. The molecule has 35 heavy (non-hydrogen) atoms. The van der Waals surface area contributed by atoms with Gasteiger partial charge < -0.3 is 4.57 Å². The number of halogens is 4. The predicted octanol–water partition coefficient (Wildman–Crippen LogP) is 4.64. The number of benzene rings is 2. The van der Waals surface area contributed by atoms with Crippen LogP contribution < -0.4 is 5.69 Å². The van der Waals surface area contributed by atoms with Crippen molar-refractivity contribution in [3.05, 3.63) is 63.3 Å². The summed E-state index contributed by atoms with van der Waals surface area (Å²) in [5, 5.41) is 0.460. The highest BCUT2D eigenvalue weighted by Gasteiger charge is 2.38. The Labute approximate surface area is 203 Å². The second-order valence-electron chi connectivity index (χ2n) is 8.94. The molecule has 1 fully saturated rings. The Balaban J connectivity index is 1.66. The third-order valence-electron chi connectivity index (χ3n) is 6.19. The smallest absolute Gasteiger partial charge is 0.326 e. The average molecular weight is 527 g/mol. The van der Waals surface area contributed by atoms with Crippen LogP contribution in [-0.4, -0.2) is 39.1 Å². The van der Waals surface area contributed by atoms with Gasteiger partial charge in [0.15, 0.2) is 0 Å². The van der Waals surface area contributed by atoms with Gasteiger partial charge in [-0.2, -0.15) is 13.2 Å². The summed E-state index contributed by atoms with van der Waals surface area (Å²) in [4.78, 5) is 18.0. The fourth-order valence-corrected chi connectivity index (χ4v) is 5.35. The number of sulfone groups is 1. The molecule has 2 aromatic carbocycles. The molecule has 0 atom stereocenters. The lowest BCUT2D eigenvalue weighted by Gasteiger charge is -2.11. The Morgan fingerprint density at radius 3 is 2.51 bits per heavy atom. The number of alkyl halides is 3. The Morgan fingerprint density at radius 2 is 1.86 bits per heavy atom. The van der Waals surface area contributed by atoms with E-state index >= 15 is 0 Å². The maximum absolute atomic E-state index is 13.8. The molecular formula is C23H22ClF3N4O3S. The van der Waals surface area contributed by atoms with Crippen LogP contribution in [0.2, 0.25) is 5.02 Å². The third kappa shape index (κ3) is 4.58. The predicted molar refractivity (Wildman–Crippen MR) is 128 cm³/mol. The molecule has 0 unspecified atom stereocenters. The van der Waals surface area contributed by atoms with Gasteiger partial charge in [-0.1, -0.05) is 17.7 Å². The summed E-state index contributed by atoms with van der Waals surface area (Å²) in [6, 6.07) is 8.64. The average Bonchev–Trinajstić information content (AvgIpc) is 3.48. The number of aromatic nitrogens is 4. The molecule has 2 aromatic heterocycles. The van der Waals surface area contributed by atoms with Crippen LogP contribution in [0, 0.1) is 0 Å². The SMILES string of the molecule is CS(=O)(=O)CCCn1c(Cn2c(=O)n(C3CC3)c3c(C(F)(F)F)cccc32)nc2cc(Cl)ccc21. The van der Waals surface area contributed by atoms with Crippen LogP contribution >= 0.6 is 11.6 Å². The molecule has 0 radical (unpaired) electrons. The number of fused-ring (bicyclic) bond motifs is 2. The molecule has 0 bridgehead atoms. The normalized spacial score (nSPS) is 14.9. The standard InChI is InChI=1S/C23H22ClF3N4O3S/c1-35(33,34)11-3-10-29-18-9-6-14(24)12-17(18)28-20(29)13-30-19-5-2-4-16(23(25,26)27)21(19)31(22(30)32)15-7-8-15/h2,4-6,9,12,15H,3,7-8,10-11,13H2,1H3. The van der Waals surface area contributed by atoms with E-state index in [2.05, 4.69) is 4.98 Å². The van der Waals surface area contributed by atoms with Crippen LogP contribution in [-0.2, 0) is 29.1 Å². The van der Waals surface area contributed by atoms with Gasteiger partial charge in [-0.25, -0.2) is 18.2 Å². The van der Waals surface area contributed by atoms with E-state index in [0.29, 0.717) is 47.7 Å². The number of imidazole rings is 2. The van der Waals surface area contributed by atoms with E-state index in [-0.39, 0.29) is 29.4 Å². The maximum atomic E-state index is 13.8. The van der Waals surface area contributed by atoms with Crippen LogP contribution in [0.5, 0.6) is 0 Å². The fourth-order valence-electron chi connectivity index (χ4n) is 4.53. The number of hydrogen-bond donors (Lipinski definition) is 0. The minimum atomic E-state index is -4.61. The van der Waals surface area contributed by atoms with Crippen molar-refractivity contribution in [3.63, 3.8) is 0 Å². The number of hydrogen-bond acceptors (Lipinski definition) is 4. The van der Waals surface area contributed by atoms with Crippen molar-refractivity contribution in [2.24, 2.45) is 0 Å². The zero-order valence-electron chi connectivity index (χ0n) is 18.7. The van der Waals surface area contributed by atoms with Gasteiger partial charge in [-0.15, -0.1) is 0 Å². The maximum Gasteiger partial charge on any atom is 0.418 e. The molecule has 0 spiro atoms. The first-order chi connectivity index (χ1) is 16.4. The lowest BCUT2D eigenvalue weighted by Crippen LogP contribution is -2.25. The van der Waals surface area contributed by atoms with Gasteiger partial charge >= 0.3 is 11.9 Å². The van der Waals surface area contributed by atoms with E-state index in [4.69, 9.17) is 11.6 Å². The van der Waals surface area contributed by atoms with Crippen molar-refractivity contribution < 1.29 is 21.6 Å². The topological polar surface area (TPSA) is 78.9 Å². The number of para-hydroxylation sites is 1. The zero-order chi connectivity index (χ0) is 25.1. The van der Waals surface area contributed by atoms with Gasteiger partial charge in [0.05, 0.1) is 39.9 Å². The third-order valence-corrected chi connectivity index (χ3v) is 7.45. The molecule has 0 N–H and O–H groups in total. The van der Waals surface area contributed by atoms with E-state index in [0.717, 1.165) is 12.3 Å². The van der Waals surface area contributed by atoms with E-state index in [1.165, 1.54) is 21.3 Å².